The molecule has 0 aliphatic heterocycles. The number of amides is 1. The van der Waals surface area contributed by atoms with Crippen LogP contribution in [0.2, 0.25) is 0 Å². The van der Waals surface area contributed by atoms with Crippen LogP contribution < -0.4 is 11.3 Å². The summed E-state index contributed by atoms with van der Waals surface area (Å²) in [5.74, 6) is 4.71. The van der Waals surface area contributed by atoms with Crippen molar-refractivity contribution in [3.8, 4) is 6.07 Å². The summed E-state index contributed by atoms with van der Waals surface area (Å²) in [6.45, 7) is 2.31. The summed E-state index contributed by atoms with van der Waals surface area (Å²) < 4.78 is 0. The highest BCUT2D eigenvalue weighted by Gasteiger charge is 2.15. The van der Waals surface area contributed by atoms with Gasteiger partial charge >= 0.3 is 0 Å². The van der Waals surface area contributed by atoms with E-state index in [1.165, 1.54) is 0 Å². The molecule has 0 aromatic heterocycles. The third kappa shape index (κ3) is 3.32. The van der Waals surface area contributed by atoms with Gasteiger partial charge in [-0.2, -0.15) is 5.26 Å². The van der Waals surface area contributed by atoms with Gasteiger partial charge in [0.25, 0.3) is 5.91 Å². The van der Waals surface area contributed by atoms with Crippen LogP contribution in [-0.2, 0) is 4.79 Å². The Bertz CT molecular complexity index is 186. The van der Waals surface area contributed by atoms with Gasteiger partial charge in [-0.05, 0) is 14.0 Å². The van der Waals surface area contributed by atoms with E-state index in [-0.39, 0.29) is 11.9 Å². The summed E-state index contributed by atoms with van der Waals surface area (Å²) in [6, 6.07) is 1.72. The minimum absolute atomic E-state index is 0.240. The number of nitrogens with two attached hydrogens (primary N) is 1. The maximum atomic E-state index is 11.0. The Morgan fingerprint density at radius 2 is 2.42 bits per heavy atom. The van der Waals surface area contributed by atoms with Crippen LogP contribution in [0.15, 0.2) is 0 Å². The van der Waals surface area contributed by atoms with E-state index >= 15 is 0 Å². The van der Waals surface area contributed by atoms with E-state index in [4.69, 9.17) is 11.1 Å². The summed E-state index contributed by atoms with van der Waals surface area (Å²) in [7, 11) is 1.78. The molecule has 0 aliphatic rings. The van der Waals surface area contributed by atoms with Crippen LogP contribution in [-0.4, -0.2) is 30.4 Å². The van der Waals surface area contributed by atoms with Crippen LogP contribution in [0.1, 0.15) is 13.3 Å². The van der Waals surface area contributed by atoms with E-state index in [0.29, 0.717) is 13.0 Å². The lowest BCUT2D eigenvalue weighted by Crippen LogP contribution is -2.46. The average molecular weight is 170 g/mol. The first-order valence-corrected chi connectivity index (χ1v) is 3.71. The maximum Gasteiger partial charge on any atom is 0.250 e. The van der Waals surface area contributed by atoms with E-state index in [1.807, 2.05) is 6.07 Å². The van der Waals surface area contributed by atoms with Crippen LogP contribution in [0.4, 0.5) is 0 Å². The fourth-order valence-corrected chi connectivity index (χ4v) is 0.741. The molecule has 0 bridgehead atoms. The van der Waals surface area contributed by atoms with Gasteiger partial charge in [0.2, 0.25) is 0 Å². The molecule has 0 fully saturated rings. The van der Waals surface area contributed by atoms with Crippen LogP contribution in [0.5, 0.6) is 0 Å². The van der Waals surface area contributed by atoms with Crippen molar-refractivity contribution in [2.24, 2.45) is 5.84 Å². The van der Waals surface area contributed by atoms with Crippen molar-refractivity contribution in [1.29, 1.82) is 5.26 Å². The normalized spacial score (nSPS) is 12.2. The Labute approximate surface area is 72.1 Å². The summed E-state index contributed by atoms with van der Waals surface area (Å²) >= 11 is 0. The fraction of sp³-hybridized carbons (Fsp3) is 0.714. The summed E-state index contributed by atoms with van der Waals surface area (Å²) in [4.78, 5) is 12.7. The lowest BCUT2D eigenvalue weighted by molar-refractivity contribution is -0.125. The molecule has 0 spiro atoms. The average Bonchev–Trinajstić information content (AvgIpc) is 2.11. The highest BCUT2D eigenvalue weighted by Crippen LogP contribution is 1.95. The second-order valence-corrected chi connectivity index (χ2v) is 2.57. The molecule has 0 heterocycles. The Balaban J connectivity index is 3.85. The van der Waals surface area contributed by atoms with Gasteiger partial charge in [0.1, 0.15) is 0 Å². The lowest BCUT2D eigenvalue weighted by Gasteiger charge is -2.21. The number of likely N-dealkylation sites (N-methyl/N-ethyl adjacent to an activating group) is 1. The Morgan fingerprint density at radius 1 is 1.83 bits per heavy atom. The van der Waals surface area contributed by atoms with Crippen LogP contribution >= 0.6 is 0 Å². The van der Waals surface area contributed by atoms with Crippen molar-refractivity contribution in [1.82, 2.24) is 10.3 Å². The number of hydrogen-bond donors (Lipinski definition) is 2. The van der Waals surface area contributed by atoms with Gasteiger partial charge < -0.3 is 0 Å². The number of carbonyl (C=O) groups is 1. The number of nitrogens with one attached hydrogen (secondary N) is 1. The smallest absolute Gasteiger partial charge is 0.250 e. The van der Waals surface area contributed by atoms with Gasteiger partial charge in [0, 0.05) is 13.0 Å². The first-order chi connectivity index (χ1) is 5.63. The predicted molar refractivity (Wildman–Crippen MR) is 44.7 cm³/mol. The third-order valence-electron chi connectivity index (χ3n) is 1.76. The summed E-state index contributed by atoms with van der Waals surface area (Å²) in [5.41, 5.74) is 2.06. The molecule has 1 unspecified atom stereocenters. The molecular formula is C7H14N4O. The second-order valence-electron chi connectivity index (χ2n) is 2.57. The molecule has 0 saturated heterocycles. The van der Waals surface area contributed by atoms with Crippen LogP contribution in [0.3, 0.4) is 0 Å². The third-order valence-corrected chi connectivity index (χ3v) is 1.76. The SMILES string of the molecule is CC(C(=O)NN)N(C)CCC#N. The largest absolute Gasteiger partial charge is 0.294 e. The second kappa shape index (κ2) is 5.52. The van der Waals surface area contributed by atoms with Gasteiger partial charge in [-0.25, -0.2) is 5.84 Å². The quantitative estimate of drug-likeness (QED) is 0.329. The van der Waals surface area contributed by atoms with Gasteiger partial charge in [-0.3, -0.25) is 15.1 Å². The monoisotopic (exact) mass is 170 g/mol. The van der Waals surface area contributed by atoms with Gasteiger partial charge in [0.05, 0.1) is 12.1 Å². The van der Waals surface area contributed by atoms with Gasteiger partial charge in [0.15, 0.2) is 0 Å². The molecule has 0 radical (unpaired) electrons. The first-order valence-electron chi connectivity index (χ1n) is 3.71. The summed E-state index contributed by atoms with van der Waals surface area (Å²) in [5, 5.41) is 8.29. The van der Waals surface area contributed by atoms with Crippen molar-refractivity contribution in [3.63, 3.8) is 0 Å². The lowest BCUT2D eigenvalue weighted by atomic mass is 10.2. The Morgan fingerprint density at radius 3 is 2.83 bits per heavy atom. The number of hydrogen-bond acceptors (Lipinski definition) is 4. The molecule has 0 aliphatic carbocycles. The topological polar surface area (TPSA) is 82.2 Å². The van der Waals surface area contributed by atoms with Gasteiger partial charge in [-0.15, -0.1) is 0 Å². The van der Waals surface area contributed by atoms with Crippen LogP contribution in [0, 0.1) is 11.3 Å². The van der Waals surface area contributed by atoms with E-state index in [9.17, 15) is 4.79 Å². The van der Waals surface area contributed by atoms with Crippen molar-refractivity contribution in [2.75, 3.05) is 13.6 Å². The number of rotatable bonds is 4. The minimum Gasteiger partial charge on any atom is -0.294 e. The molecule has 0 saturated carbocycles. The number of nitrogens with zero attached hydrogens (tertiary/aromatic N) is 2. The molecule has 68 valence electrons. The number of hydrazine groups is 1. The van der Waals surface area contributed by atoms with Crippen molar-refractivity contribution in [2.45, 2.75) is 19.4 Å². The number of carbonyl (C=O) groups excluding carboxylic acids is 1. The molecule has 0 rings (SSSR count). The molecule has 1 atom stereocenters. The molecule has 12 heavy (non-hydrogen) atoms. The van der Waals surface area contributed by atoms with E-state index in [2.05, 4.69) is 5.43 Å². The highest BCUT2D eigenvalue weighted by molar-refractivity contribution is 5.80. The minimum atomic E-state index is -0.289. The zero-order chi connectivity index (χ0) is 9.56. The van der Waals surface area contributed by atoms with Crippen molar-refractivity contribution in [3.05, 3.63) is 0 Å². The Hall–Kier alpha value is -1.12. The molecule has 0 aromatic rings. The molecule has 3 N–H and O–H groups in total. The van der Waals surface area contributed by atoms with Crippen molar-refractivity contribution >= 4 is 5.91 Å². The fourth-order valence-electron chi connectivity index (χ4n) is 0.741. The molecular weight excluding hydrogens is 156 g/mol. The molecule has 0 aromatic carbocycles. The molecule has 1 amide bonds. The van der Waals surface area contributed by atoms with E-state index in [0.717, 1.165) is 0 Å². The number of nitriles is 1. The first kappa shape index (κ1) is 10.9. The van der Waals surface area contributed by atoms with E-state index < -0.39 is 0 Å². The van der Waals surface area contributed by atoms with E-state index in [1.54, 1.807) is 18.9 Å². The highest BCUT2D eigenvalue weighted by atomic mass is 16.2. The molecule has 5 nitrogen and oxygen atoms in total. The van der Waals surface area contributed by atoms with Crippen molar-refractivity contribution < 1.29 is 4.79 Å². The summed E-state index contributed by atoms with van der Waals surface area (Å²) in [6.07, 6.45) is 0.415. The zero-order valence-electron chi connectivity index (χ0n) is 7.37. The standard InChI is InChI=1S/C7H14N4O/c1-6(7(12)10-9)11(2)5-3-4-8/h6H,3,5,9H2,1-2H3,(H,10,12). The Kier molecular flexibility index (Phi) is 5.00. The van der Waals surface area contributed by atoms with Gasteiger partial charge in [-0.1, -0.05) is 0 Å². The van der Waals surface area contributed by atoms with Crippen LogP contribution in [0.25, 0.3) is 0 Å². The predicted octanol–water partition coefficient (Wildman–Crippen LogP) is -0.790. The zero-order valence-corrected chi connectivity index (χ0v) is 7.37. The maximum absolute atomic E-state index is 11.0. The molecule has 5 heteroatoms.